The molecular weight excluding hydrogens is 242 g/mol. The van der Waals surface area contributed by atoms with E-state index in [0.717, 1.165) is 39.0 Å². The number of hydrogen-bond donors (Lipinski definition) is 1. The van der Waals surface area contributed by atoms with Crippen molar-refractivity contribution < 1.29 is 9.47 Å². The van der Waals surface area contributed by atoms with Crippen molar-refractivity contribution in [1.29, 1.82) is 0 Å². The van der Waals surface area contributed by atoms with Crippen LogP contribution in [0.3, 0.4) is 0 Å². The predicted molar refractivity (Wildman–Crippen MR) is 76.3 cm³/mol. The van der Waals surface area contributed by atoms with Crippen molar-refractivity contribution in [3.8, 4) is 0 Å². The van der Waals surface area contributed by atoms with Crippen LogP contribution in [0, 0.1) is 0 Å². The van der Waals surface area contributed by atoms with E-state index in [0.29, 0.717) is 5.96 Å². The Balaban J connectivity index is 2.06. The maximum absolute atomic E-state index is 6.07. The molecule has 2 N–H and O–H groups in total. The highest BCUT2D eigenvalue weighted by Gasteiger charge is 2.43. The van der Waals surface area contributed by atoms with E-state index >= 15 is 0 Å². The van der Waals surface area contributed by atoms with Crippen molar-refractivity contribution in [2.45, 2.75) is 57.3 Å². The van der Waals surface area contributed by atoms with Crippen LogP contribution in [0.25, 0.3) is 0 Å². The molecule has 2 unspecified atom stereocenters. The SMILES string of the molecule is COC(C)(C)CC1(C)CN=C(N)N1CC1CCCO1. The van der Waals surface area contributed by atoms with Gasteiger partial charge in [-0.15, -0.1) is 0 Å². The van der Waals surface area contributed by atoms with Gasteiger partial charge in [-0.2, -0.15) is 0 Å². The van der Waals surface area contributed by atoms with Gasteiger partial charge in [0.05, 0.1) is 23.8 Å². The molecule has 5 nitrogen and oxygen atoms in total. The molecule has 2 atom stereocenters. The van der Waals surface area contributed by atoms with Crippen LogP contribution >= 0.6 is 0 Å². The zero-order valence-corrected chi connectivity index (χ0v) is 12.6. The van der Waals surface area contributed by atoms with Crippen molar-refractivity contribution in [2.75, 3.05) is 26.8 Å². The van der Waals surface area contributed by atoms with E-state index in [1.165, 1.54) is 0 Å². The molecule has 2 rings (SSSR count). The molecule has 2 aliphatic rings. The second kappa shape index (κ2) is 5.29. The summed E-state index contributed by atoms with van der Waals surface area (Å²) in [6.45, 7) is 8.87. The van der Waals surface area contributed by atoms with Crippen LogP contribution < -0.4 is 5.73 Å². The fourth-order valence-electron chi connectivity index (χ4n) is 3.15. The van der Waals surface area contributed by atoms with Gasteiger partial charge in [-0.05, 0) is 33.6 Å². The van der Waals surface area contributed by atoms with Gasteiger partial charge in [-0.25, -0.2) is 0 Å². The van der Waals surface area contributed by atoms with E-state index in [1.54, 1.807) is 7.11 Å². The van der Waals surface area contributed by atoms with Gasteiger partial charge >= 0.3 is 0 Å². The van der Waals surface area contributed by atoms with E-state index in [9.17, 15) is 0 Å². The van der Waals surface area contributed by atoms with Gasteiger partial charge in [0.2, 0.25) is 0 Å². The highest BCUT2D eigenvalue weighted by molar-refractivity contribution is 5.81. The summed E-state index contributed by atoms with van der Waals surface area (Å²) in [4.78, 5) is 6.65. The molecule has 1 saturated heterocycles. The number of methoxy groups -OCH3 is 1. The van der Waals surface area contributed by atoms with Gasteiger partial charge in [0.15, 0.2) is 5.96 Å². The molecule has 0 bridgehead atoms. The molecule has 2 heterocycles. The van der Waals surface area contributed by atoms with Crippen molar-refractivity contribution in [1.82, 2.24) is 4.90 Å². The molecule has 0 aromatic carbocycles. The predicted octanol–water partition coefficient (Wildman–Crippen LogP) is 1.37. The van der Waals surface area contributed by atoms with Gasteiger partial charge in [0.1, 0.15) is 0 Å². The minimum Gasteiger partial charge on any atom is -0.379 e. The summed E-state index contributed by atoms with van der Waals surface area (Å²) in [7, 11) is 1.76. The summed E-state index contributed by atoms with van der Waals surface area (Å²) in [5.41, 5.74) is 5.82. The van der Waals surface area contributed by atoms with Crippen LogP contribution in [-0.4, -0.2) is 54.9 Å². The molecule has 19 heavy (non-hydrogen) atoms. The first-order valence-electron chi connectivity index (χ1n) is 7.11. The smallest absolute Gasteiger partial charge is 0.191 e. The van der Waals surface area contributed by atoms with Gasteiger partial charge in [0.25, 0.3) is 0 Å². The number of guanidine groups is 1. The van der Waals surface area contributed by atoms with Crippen LogP contribution in [-0.2, 0) is 9.47 Å². The number of ether oxygens (including phenoxy) is 2. The molecule has 0 saturated carbocycles. The Kier molecular flexibility index (Phi) is 4.06. The lowest BCUT2D eigenvalue weighted by molar-refractivity contribution is -0.0236. The van der Waals surface area contributed by atoms with Crippen LogP contribution in [0.5, 0.6) is 0 Å². The maximum atomic E-state index is 6.07. The average molecular weight is 269 g/mol. The molecule has 5 heteroatoms. The van der Waals surface area contributed by atoms with Crippen LogP contribution in [0.2, 0.25) is 0 Å². The quantitative estimate of drug-likeness (QED) is 0.819. The van der Waals surface area contributed by atoms with Crippen molar-refractivity contribution in [2.24, 2.45) is 10.7 Å². The van der Waals surface area contributed by atoms with Crippen LogP contribution in [0.4, 0.5) is 0 Å². The lowest BCUT2D eigenvalue weighted by Gasteiger charge is -2.41. The number of hydrogen-bond acceptors (Lipinski definition) is 5. The molecule has 0 radical (unpaired) electrons. The first-order chi connectivity index (χ1) is 8.86. The minimum atomic E-state index is -0.177. The number of nitrogens with zero attached hydrogens (tertiary/aromatic N) is 2. The fourth-order valence-corrected chi connectivity index (χ4v) is 3.15. The first-order valence-corrected chi connectivity index (χ1v) is 7.11. The molecule has 110 valence electrons. The Morgan fingerprint density at radius 2 is 2.32 bits per heavy atom. The highest BCUT2D eigenvalue weighted by atomic mass is 16.5. The fraction of sp³-hybridized carbons (Fsp3) is 0.929. The van der Waals surface area contributed by atoms with Gasteiger partial charge in [-0.1, -0.05) is 0 Å². The average Bonchev–Trinajstić information content (AvgIpc) is 2.93. The van der Waals surface area contributed by atoms with E-state index < -0.39 is 0 Å². The monoisotopic (exact) mass is 269 g/mol. The molecule has 0 aromatic heterocycles. The Morgan fingerprint density at radius 1 is 1.58 bits per heavy atom. The highest BCUT2D eigenvalue weighted by Crippen LogP contribution is 2.32. The lowest BCUT2D eigenvalue weighted by Crippen LogP contribution is -2.55. The molecular formula is C14H27N3O2. The third-order valence-electron chi connectivity index (χ3n) is 4.28. The summed E-state index contributed by atoms with van der Waals surface area (Å²) in [6, 6.07) is 0. The number of aliphatic imine (C=N–C) groups is 1. The van der Waals surface area contributed by atoms with Gasteiger partial charge in [-0.3, -0.25) is 4.99 Å². The molecule has 0 aromatic rings. The summed E-state index contributed by atoms with van der Waals surface area (Å²) in [5, 5.41) is 0. The third kappa shape index (κ3) is 3.20. The topological polar surface area (TPSA) is 60.1 Å². The van der Waals surface area contributed by atoms with E-state index in [1.807, 2.05) is 0 Å². The van der Waals surface area contributed by atoms with E-state index in [2.05, 4.69) is 30.7 Å². The second-order valence-corrected chi connectivity index (χ2v) is 6.56. The Bertz CT molecular complexity index is 351. The van der Waals surface area contributed by atoms with E-state index in [4.69, 9.17) is 15.2 Å². The number of rotatable bonds is 5. The van der Waals surface area contributed by atoms with Gasteiger partial charge < -0.3 is 20.1 Å². The standard InChI is InChI=1S/C14H27N3O2/c1-13(2,18-4)9-14(3)10-16-12(15)17(14)8-11-6-5-7-19-11/h11H,5-10H2,1-4H3,(H2,15,16). The first kappa shape index (κ1) is 14.6. The second-order valence-electron chi connectivity index (χ2n) is 6.56. The summed E-state index contributed by atoms with van der Waals surface area (Å²) >= 11 is 0. The third-order valence-corrected chi connectivity index (χ3v) is 4.28. The summed E-state index contributed by atoms with van der Waals surface area (Å²) < 4.78 is 11.3. The van der Waals surface area contributed by atoms with Crippen molar-refractivity contribution in [3.63, 3.8) is 0 Å². The minimum absolute atomic E-state index is 0.0739. The Morgan fingerprint density at radius 3 is 2.89 bits per heavy atom. The Labute approximate surface area is 116 Å². The zero-order valence-electron chi connectivity index (χ0n) is 12.6. The molecule has 0 aliphatic carbocycles. The summed E-state index contributed by atoms with van der Waals surface area (Å²) in [5.74, 6) is 0.643. The van der Waals surface area contributed by atoms with E-state index in [-0.39, 0.29) is 17.2 Å². The van der Waals surface area contributed by atoms with Crippen LogP contribution in [0.15, 0.2) is 4.99 Å². The van der Waals surface area contributed by atoms with Crippen LogP contribution in [0.1, 0.15) is 40.0 Å². The normalized spacial score (nSPS) is 31.9. The summed E-state index contributed by atoms with van der Waals surface area (Å²) in [6.07, 6.45) is 3.45. The molecule has 2 aliphatic heterocycles. The zero-order chi connectivity index (χ0) is 14.1. The van der Waals surface area contributed by atoms with Crippen molar-refractivity contribution in [3.05, 3.63) is 0 Å². The van der Waals surface area contributed by atoms with Crippen molar-refractivity contribution >= 4 is 5.96 Å². The van der Waals surface area contributed by atoms with Gasteiger partial charge in [0, 0.05) is 26.7 Å². The molecule has 0 spiro atoms. The maximum Gasteiger partial charge on any atom is 0.191 e. The molecule has 1 fully saturated rings. The molecule has 0 amide bonds. The lowest BCUT2D eigenvalue weighted by atomic mass is 9.86. The number of nitrogens with two attached hydrogens (primary N) is 1. The largest absolute Gasteiger partial charge is 0.379 e. The Hall–Kier alpha value is -0.810.